The van der Waals surface area contributed by atoms with Crippen molar-refractivity contribution in [1.82, 2.24) is 29.6 Å². The molecule has 2 fully saturated rings. The third-order valence-corrected chi connectivity index (χ3v) is 7.57. The van der Waals surface area contributed by atoms with Crippen molar-refractivity contribution in [2.45, 2.75) is 12.8 Å². The van der Waals surface area contributed by atoms with Crippen molar-refractivity contribution < 1.29 is 23.2 Å². The number of fused-ring (bicyclic) bond motifs is 1. The number of pyridine rings is 1. The van der Waals surface area contributed by atoms with Gasteiger partial charge in [-0.25, -0.2) is 13.7 Å². The predicted octanol–water partition coefficient (Wildman–Crippen LogP) is 3.00. The Labute approximate surface area is 229 Å². The van der Waals surface area contributed by atoms with Gasteiger partial charge in [-0.15, -0.1) is 0 Å². The second-order valence-electron chi connectivity index (χ2n) is 10.2. The molecule has 4 aromatic rings. The van der Waals surface area contributed by atoms with Gasteiger partial charge in [0.15, 0.2) is 0 Å². The molecule has 1 aromatic carbocycles. The van der Waals surface area contributed by atoms with Crippen molar-refractivity contribution >= 4 is 28.9 Å². The van der Waals surface area contributed by atoms with E-state index in [-0.39, 0.29) is 17.3 Å². The predicted molar refractivity (Wildman–Crippen MR) is 144 cm³/mol. The third kappa shape index (κ3) is 4.72. The summed E-state index contributed by atoms with van der Waals surface area (Å²) >= 11 is 0. The van der Waals surface area contributed by atoms with Gasteiger partial charge in [-0.3, -0.25) is 4.79 Å². The van der Waals surface area contributed by atoms with Gasteiger partial charge in [-0.05, 0) is 38.2 Å². The number of carbonyl (C=O) groups is 2. The van der Waals surface area contributed by atoms with E-state index in [1.807, 2.05) is 18.3 Å². The molecule has 1 N–H and O–H groups in total. The summed E-state index contributed by atoms with van der Waals surface area (Å²) in [7, 11) is 3.43. The van der Waals surface area contributed by atoms with E-state index in [1.165, 1.54) is 24.3 Å². The molecular weight excluding hydrogens is 519 g/mol. The highest BCUT2D eigenvalue weighted by atomic mass is 19.1. The quantitative estimate of drug-likeness (QED) is 0.401. The summed E-state index contributed by atoms with van der Waals surface area (Å²) in [6.45, 7) is 6.11. The van der Waals surface area contributed by atoms with E-state index in [0.717, 1.165) is 31.9 Å². The molecule has 2 aliphatic rings. The lowest BCUT2D eigenvalue weighted by atomic mass is 10.0. The molecule has 0 bridgehead atoms. The number of benzene rings is 1. The van der Waals surface area contributed by atoms with Crippen LogP contribution in [0.25, 0.3) is 16.9 Å². The number of nitrogens with zero attached hydrogens (tertiary/aromatic N) is 7. The number of likely N-dealkylation sites (tertiary alicyclic amines) is 1. The van der Waals surface area contributed by atoms with E-state index in [9.17, 15) is 14.0 Å². The molecule has 12 nitrogen and oxygen atoms in total. The number of amides is 2. The summed E-state index contributed by atoms with van der Waals surface area (Å²) in [5.74, 6) is -0.507. The minimum absolute atomic E-state index is 0.124. The summed E-state index contributed by atoms with van der Waals surface area (Å²) in [5, 5.41) is 11.2. The lowest BCUT2D eigenvalue weighted by Crippen LogP contribution is -2.48. The fourth-order valence-electron chi connectivity index (χ4n) is 4.96. The van der Waals surface area contributed by atoms with Crippen LogP contribution in [0.2, 0.25) is 0 Å². The van der Waals surface area contributed by atoms with Gasteiger partial charge in [0.1, 0.15) is 5.82 Å². The van der Waals surface area contributed by atoms with Crippen LogP contribution in [0.1, 0.15) is 27.7 Å². The molecule has 5 heterocycles. The lowest BCUT2D eigenvalue weighted by Gasteiger charge is -2.35. The lowest BCUT2D eigenvalue weighted by molar-refractivity contribution is 0.0804. The molecule has 40 heavy (non-hydrogen) atoms. The number of nitrogens with one attached hydrogen (secondary N) is 1. The van der Waals surface area contributed by atoms with Gasteiger partial charge in [0.2, 0.25) is 11.7 Å². The average molecular weight is 549 g/mol. The minimum atomic E-state index is -0.517. The molecule has 208 valence electrons. The number of likely N-dealkylation sites (N-methyl/N-ethyl adjacent to an activating group) is 1. The smallest absolute Gasteiger partial charge is 0.409 e. The minimum Gasteiger partial charge on any atom is -0.453 e. The van der Waals surface area contributed by atoms with Crippen molar-refractivity contribution in [2.24, 2.45) is 0 Å². The molecule has 0 saturated carbocycles. The largest absolute Gasteiger partial charge is 0.453 e. The van der Waals surface area contributed by atoms with Crippen molar-refractivity contribution in [2.75, 3.05) is 63.6 Å². The van der Waals surface area contributed by atoms with Gasteiger partial charge in [-0.2, -0.15) is 10.1 Å². The maximum Gasteiger partial charge on any atom is 0.409 e. The molecule has 0 unspecified atom stereocenters. The van der Waals surface area contributed by atoms with Gasteiger partial charge in [-0.1, -0.05) is 5.16 Å². The number of ether oxygens (including phenoxy) is 1. The highest BCUT2D eigenvalue weighted by Gasteiger charge is 2.36. The number of anilines is 2. The number of halogens is 1. The molecule has 2 aliphatic heterocycles. The first-order valence-corrected chi connectivity index (χ1v) is 13.0. The molecule has 0 radical (unpaired) electrons. The van der Waals surface area contributed by atoms with Crippen molar-refractivity contribution in [1.29, 1.82) is 0 Å². The highest BCUT2D eigenvalue weighted by Crippen LogP contribution is 2.31. The molecule has 0 spiro atoms. The van der Waals surface area contributed by atoms with E-state index in [2.05, 4.69) is 37.4 Å². The Bertz CT molecular complexity index is 1590. The van der Waals surface area contributed by atoms with Crippen LogP contribution in [-0.2, 0) is 4.74 Å². The van der Waals surface area contributed by atoms with Gasteiger partial charge >= 0.3 is 6.09 Å². The standard InChI is InChI=1S/C27H29FN8O4/c1-16-21(28)10-17(24-31-26(40-32-24)18-14-35(15-18)27(38)39-3)11-22(16)30-25(37)20-13-29-36-5-4-19(12-23(20)36)34-8-6-33(2)7-9-34/h4-5,10-13,18H,6-9,14-15H2,1-3H3,(H,30,37). The first-order chi connectivity index (χ1) is 19.3. The summed E-state index contributed by atoms with van der Waals surface area (Å²) < 4.78 is 26.7. The number of rotatable bonds is 5. The fraction of sp³-hybridized carbons (Fsp3) is 0.370. The first-order valence-electron chi connectivity index (χ1n) is 13.0. The zero-order valence-electron chi connectivity index (χ0n) is 22.4. The van der Waals surface area contributed by atoms with E-state index in [1.54, 1.807) is 17.5 Å². The van der Waals surface area contributed by atoms with Gasteiger partial charge in [0, 0.05) is 68.0 Å². The Morgan fingerprint density at radius 2 is 1.93 bits per heavy atom. The van der Waals surface area contributed by atoms with Crippen LogP contribution in [-0.4, -0.2) is 95.0 Å². The van der Waals surface area contributed by atoms with E-state index in [4.69, 9.17) is 9.26 Å². The van der Waals surface area contributed by atoms with Crippen LogP contribution < -0.4 is 10.2 Å². The maximum atomic E-state index is 15.0. The third-order valence-electron chi connectivity index (χ3n) is 7.57. The van der Waals surface area contributed by atoms with E-state index in [0.29, 0.717) is 41.3 Å². The van der Waals surface area contributed by atoms with Crippen molar-refractivity contribution in [3.8, 4) is 11.4 Å². The Morgan fingerprint density at radius 1 is 1.15 bits per heavy atom. The Hall–Kier alpha value is -4.52. The molecule has 0 atom stereocenters. The molecule has 13 heteroatoms. The molecular formula is C27H29FN8O4. The first kappa shape index (κ1) is 25.7. The molecule has 6 rings (SSSR count). The van der Waals surface area contributed by atoms with Gasteiger partial charge in [0.05, 0.1) is 30.3 Å². The molecule has 2 amide bonds. The van der Waals surface area contributed by atoms with Crippen LogP contribution >= 0.6 is 0 Å². The van der Waals surface area contributed by atoms with Crippen LogP contribution in [0.15, 0.2) is 41.2 Å². The van der Waals surface area contributed by atoms with Gasteiger partial charge < -0.3 is 29.3 Å². The Kier molecular flexibility index (Phi) is 6.58. The van der Waals surface area contributed by atoms with E-state index < -0.39 is 17.8 Å². The Morgan fingerprint density at radius 3 is 2.67 bits per heavy atom. The maximum absolute atomic E-state index is 15.0. The van der Waals surface area contributed by atoms with Crippen molar-refractivity contribution in [3.05, 3.63) is 59.5 Å². The molecule has 2 saturated heterocycles. The van der Waals surface area contributed by atoms with Crippen LogP contribution in [0.4, 0.5) is 20.6 Å². The summed E-state index contributed by atoms with van der Waals surface area (Å²) in [4.78, 5) is 35.5. The summed E-state index contributed by atoms with van der Waals surface area (Å²) in [6, 6.07) is 6.87. The zero-order valence-corrected chi connectivity index (χ0v) is 22.4. The highest BCUT2D eigenvalue weighted by molar-refractivity contribution is 6.09. The topological polar surface area (TPSA) is 121 Å². The Balaban J connectivity index is 1.22. The number of carbonyl (C=O) groups excluding carboxylic acids is 2. The zero-order chi connectivity index (χ0) is 28.0. The van der Waals surface area contributed by atoms with E-state index >= 15 is 0 Å². The number of hydrogen-bond donors (Lipinski definition) is 1. The molecule has 0 aliphatic carbocycles. The van der Waals surface area contributed by atoms with Crippen LogP contribution in [0.3, 0.4) is 0 Å². The average Bonchev–Trinajstić information content (AvgIpc) is 3.58. The summed E-state index contributed by atoms with van der Waals surface area (Å²) in [5.41, 5.74) is 2.99. The number of hydrogen-bond acceptors (Lipinski definition) is 9. The number of methoxy groups -OCH3 is 1. The molecule has 3 aromatic heterocycles. The fourth-order valence-corrected chi connectivity index (χ4v) is 4.96. The van der Waals surface area contributed by atoms with Crippen LogP contribution in [0, 0.1) is 12.7 Å². The second-order valence-corrected chi connectivity index (χ2v) is 10.2. The summed E-state index contributed by atoms with van der Waals surface area (Å²) in [6.07, 6.45) is 2.93. The monoisotopic (exact) mass is 548 g/mol. The van der Waals surface area contributed by atoms with Gasteiger partial charge in [0.25, 0.3) is 5.91 Å². The number of piperazine rings is 1. The second kappa shape index (κ2) is 10.2. The number of aromatic nitrogens is 4. The van der Waals surface area contributed by atoms with Crippen LogP contribution in [0.5, 0.6) is 0 Å². The normalized spacial score (nSPS) is 16.3. The SMILES string of the molecule is COC(=O)N1CC(c2nc(-c3cc(F)c(C)c(NC(=O)c4cnn5ccc(N6CCN(C)CC6)cc45)c3)no2)C1. The van der Waals surface area contributed by atoms with Crippen molar-refractivity contribution in [3.63, 3.8) is 0 Å².